The van der Waals surface area contributed by atoms with Crippen LogP contribution in [0, 0.1) is 0 Å². The summed E-state index contributed by atoms with van der Waals surface area (Å²) in [6.07, 6.45) is 1.39. The predicted molar refractivity (Wildman–Crippen MR) is 80.2 cm³/mol. The van der Waals surface area contributed by atoms with Crippen molar-refractivity contribution < 1.29 is 17.9 Å². The second-order valence-electron chi connectivity index (χ2n) is 5.67. The Morgan fingerprint density at radius 1 is 1.08 bits per heavy atom. The van der Waals surface area contributed by atoms with Crippen molar-refractivity contribution in [2.75, 3.05) is 13.1 Å². The molecule has 3 heterocycles. The molecule has 8 heteroatoms. The van der Waals surface area contributed by atoms with Gasteiger partial charge < -0.3 is 4.74 Å². The first-order chi connectivity index (χ1) is 11.5. The minimum atomic E-state index is -4.49. The van der Waals surface area contributed by atoms with Crippen molar-refractivity contribution in [1.82, 2.24) is 19.9 Å². The average molecular weight is 338 g/mol. The highest BCUT2D eigenvalue weighted by Gasteiger charge is 2.33. The monoisotopic (exact) mass is 338 g/mol. The normalized spacial score (nSPS) is 17.0. The smallest absolute Gasteiger partial charge is 0.433 e. The highest BCUT2D eigenvalue weighted by Crippen LogP contribution is 2.28. The summed E-state index contributed by atoms with van der Waals surface area (Å²) >= 11 is 0. The van der Waals surface area contributed by atoms with Crippen LogP contribution in [0.1, 0.15) is 24.1 Å². The zero-order valence-corrected chi connectivity index (χ0v) is 12.9. The van der Waals surface area contributed by atoms with Crippen molar-refractivity contribution in [2.45, 2.75) is 31.7 Å². The third-order valence-electron chi connectivity index (χ3n) is 3.89. The molecule has 3 rings (SSSR count). The van der Waals surface area contributed by atoms with E-state index in [2.05, 4.69) is 19.9 Å². The Hall–Kier alpha value is -2.22. The van der Waals surface area contributed by atoms with Crippen LogP contribution in [0.25, 0.3) is 0 Å². The van der Waals surface area contributed by atoms with Crippen LogP contribution in [-0.2, 0) is 12.7 Å². The molecule has 0 saturated carbocycles. The van der Waals surface area contributed by atoms with Gasteiger partial charge in [-0.25, -0.2) is 4.98 Å². The number of aromatic nitrogens is 3. The number of halogens is 3. The van der Waals surface area contributed by atoms with E-state index in [0.717, 1.165) is 44.7 Å². The number of likely N-dealkylation sites (tertiary alicyclic amines) is 1. The van der Waals surface area contributed by atoms with E-state index in [1.54, 1.807) is 12.4 Å². The largest absolute Gasteiger partial charge is 0.460 e. The van der Waals surface area contributed by atoms with Crippen molar-refractivity contribution in [2.24, 2.45) is 0 Å². The van der Waals surface area contributed by atoms with Crippen LogP contribution in [0.15, 0.2) is 36.8 Å². The van der Waals surface area contributed by atoms with Gasteiger partial charge in [-0.05, 0) is 36.6 Å². The van der Waals surface area contributed by atoms with E-state index in [-0.39, 0.29) is 12.1 Å². The van der Waals surface area contributed by atoms with Crippen molar-refractivity contribution in [3.8, 4) is 6.01 Å². The van der Waals surface area contributed by atoms with Gasteiger partial charge in [-0.1, -0.05) is 0 Å². The standard InChI is InChI=1S/C16H17F3N4O/c17-16(18,19)14-3-8-21-15(22-14)24-13-4-9-23(10-5-13)11-12-1-6-20-7-2-12/h1-3,6-8,13H,4-5,9-11H2. The molecule has 5 nitrogen and oxygen atoms in total. The number of nitrogens with zero attached hydrogens (tertiary/aromatic N) is 4. The second kappa shape index (κ2) is 7.12. The molecule has 2 aromatic rings. The van der Waals surface area contributed by atoms with Crippen LogP contribution in [0.3, 0.4) is 0 Å². The number of rotatable bonds is 4. The van der Waals surface area contributed by atoms with Crippen LogP contribution in [0.2, 0.25) is 0 Å². The van der Waals surface area contributed by atoms with Crippen molar-refractivity contribution in [3.05, 3.63) is 48.0 Å². The van der Waals surface area contributed by atoms with Gasteiger partial charge in [0.1, 0.15) is 6.10 Å². The first-order valence-electron chi connectivity index (χ1n) is 7.69. The number of hydrogen-bond acceptors (Lipinski definition) is 5. The number of alkyl halides is 3. The molecular formula is C16H17F3N4O. The maximum Gasteiger partial charge on any atom is 0.433 e. The van der Waals surface area contributed by atoms with Gasteiger partial charge in [-0.3, -0.25) is 9.88 Å². The van der Waals surface area contributed by atoms with E-state index in [4.69, 9.17) is 4.74 Å². The fourth-order valence-corrected chi connectivity index (χ4v) is 2.64. The maximum atomic E-state index is 12.6. The minimum absolute atomic E-state index is 0.165. The number of piperidine rings is 1. The molecule has 128 valence electrons. The van der Waals surface area contributed by atoms with Gasteiger partial charge >= 0.3 is 12.2 Å². The number of hydrogen-bond donors (Lipinski definition) is 0. The lowest BCUT2D eigenvalue weighted by Gasteiger charge is -2.31. The minimum Gasteiger partial charge on any atom is -0.460 e. The molecule has 0 atom stereocenters. The Morgan fingerprint density at radius 3 is 2.46 bits per heavy atom. The van der Waals surface area contributed by atoms with Crippen molar-refractivity contribution >= 4 is 0 Å². The van der Waals surface area contributed by atoms with Gasteiger partial charge in [0.2, 0.25) is 0 Å². The second-order valence-corrected chi connectivity index (χ2v) is 5.67. The van der Waals surface area contributed by atoms with Gasteiger partial charge in [-0.15, -0.1) is 0 Å². The summed E-state index contributed by atoms with van der Waals surface area (Å²) in [5.74, 6) is 0. The topological polar surface area (TPSA) is 51.1 Å². The van der Waals surface area contributed by atoms with Crippen molar-refractivity contribution in [3.63, 3.8) is 0 Å². The van der Waals surface area contributed by atoms with Crippen molar-refractivity contribution in [1.29, 1.82) is 0 Å². The molecule has 1 saturated heterocycles. The molecule has 24 heavy (non-hydrogen) atoms. The fourth-order valence-electron chi connectivity index (χ4n) is 2.64. The van der Waals surface area contributed by atoms with Gasteiger partial charge in [0.15, 0.2) is 5.69 Å². The first kappa shape index (κ1) is 16.6. The molecule has 0 N–H and O–H groups in total. The molecule has 0 aromatic carbocycles. The number of ether oxygens (including phenoxy) is 1. The molecule has 0 unspecified atom stereocenters. The van der Waals surface area contributed by atoms with E-state index < -0.39 is 11.9 Å². The van der Waals surface area contributed by atoms with E-state index in [0.29, 0.717) is 0 Å². The lowest BCUT2D eigenvalue weighted by atomic mass is 10.1. The Bertz CT molecular complexity index is 658. The first-order valence-corrected chi connectivity index (χ1v) is 7.69. The van der Waals surface area contributed by atoms with Crippen LogP contribution in [-0.4, -0.2) is 39.0 Å². The highest BCUT2D eigenvalue weighted by atomic mass is 19.4. The quantitative estimate of drug-likeness (QED) is 0.858. The van der Waals surface area contributed by atoms with Gasteiger partial charge in [0, 0.05) is 38.2 Å². The van der Waals surface area contributed by atoms with Crippen LogP contribution in [0.4, 0.5) is 13.2 Å². The SMILES string of the molecule is FC(F)(F)c1ccnc(OC2CCN(Cc3ccncc3)CC2)n1. The highest BCUT2D eigenvalue weighted by molar-refractivity contribution is 5.10. The summed E-state index contributed by atoms with van der Waals surface area (Å²) in [5, 5.41) is 0. The molecular weight excluding hydrogens is 321 g/mol. The van der Waals surface area contributed by atoms with Gasteiger partial charge in [0.05, 0.1) is 0 Å². The molecule has 2 aromatic heterocycles. The predicted octanol–water partition coefficient (Wildman–Crippen LogP) is 2.93. The molecule has 1 aliphatic heterocycles. The molecule has 1 fully saturated rings. The third kappa shape index (κ3) is 4.41. The van der Waals surface area contributed by atoms with Crippen LogP contribution >= 0.6 is 0 Å². The van der Waals surface area contributed by atoms with E-state index >= 15 is 0 Å². The Labute approximate surface area is 137 Å². The molecule has 0 bridgehead atoms. The summed E-state index contributed by atoms with van der Waals surface area (Å²) < 4.78 is 43.5. The van der Waals surface area contributed by atoms with E-state index in [1.165, 1.54) is 5.56 Å². The van der Waals surface area contributed by atoms with E-state index in [1.807, 2.05) is 12.1 Å². The molecule has 0 spiro atoms. The Kier molecular flexibility index (Phi) is 4.94. The molecule has 0 aliphatic carbocycles. The zero-order valence-electron chi connectivity index (χ0n) is 12.9. The van der Waals surface area contributed by atoms with Gasteiger partial charge in [0.25, 0.3) is 0 Å². The molecule has 0 amide bonds. The van der Waals surface area contributed by atoms with Gasteiger partial charge in [-0.2, -0.15) is 18.2 Å². The average Bonchev–Trinajstić information content (AvgIpc) is 2.57. The molecule has 0 radical (unpaired) electrons. The summed E-state index contributed by atoms with van der Waals surface area (Å²) in [7, 11) is 0. The summed E-state index contributed by atoms with van der Waals surface area (Å²) in [6.45, 7) is 2.45. The summed E-state index contributed by atoms with van der Waals surface area (Å²) in [4.78, 5) is 13.5. The summed E-state index contributed by atoms with van der Waals surface area (Å²) in [6, 6.07) is 4.57. The van der Waals surface area contributed by atoms with Crippen LogP contribution < -0.4 is 4.74 Å². The molecule has 1 aliphatic rings. The Balaban J connectivity index is 1.52. The van der Waals surface area contributed by atoms with Crippen LogP contribution in [0.5, 0.6) is 6.01 Å². The fraction of sp³-hybridized carbons (Fsp3) is 0.438. The lowest BCUT2D eigenvalue weighted by Crippen LogP contribution is -2.38. The van der Waals surface area contributed by atoms with E-state index in [9.17, 15) is 13.2 Å². The zero-order chi connectivity index (χ0) is 17.0. The maximum absolute atomic E-state index is 12.6. The Morgan fingerprint density at radius 2 is 1.79 bits per heavy atom. The third-order valence-corrected chi connectivity index (χ3v) is 3.89. The summed E-state index contributed by atoms with van der Waals surface area (Å²) in [5.41, 5.74) is 0.202. The lowest BCUT2D eigenvalue weighted by molar-refractivity contribution is -0.141. The number of pyridine rings is 1.